The number of ether oxygens (including phenoxy) is 1. The first-order chi connectivity index (χ1) is 9.61. The highest BCUT2D eigenvalue weighted by Crippen LogP contribution is 2.20. The topological polar surface area (TPSA) is 63.2 Å². The maximum atomic E-state index is 12.4. The van der Waals surface area contributed by atoms with E-state index in [0.717, 1.165) is 30.5 Å². The molecule has 2 rings (SSSR count). The van der Waals surface area contributed by atoms with Crippen molar-refractivity contribution in [3.8, 4) is 0 Å². The Morgan fingerprint density at radius 3 is 3.10 bits per heavy atom. The molecule has 0 aromatic carbocycles. The Bertz CT molecular complexity index is 475. The van der Waals surface area contributed by atoms with Crippen molar-refractivity contribution in [1.82, 2.24) is 10.3 Å². The number of rotatable bonds is 5. The zero-order chi connectivity index (χ0) is 14.5. The highest BCUT2D eigenvalue weighted by atomic mass is 79.9. The zero-order valence-electron chi connectivity index (χ0n) is 11.8. The van der Waals surface area contributed by atoms with Gasteiger partial charge in [0, 0.05) is 23.8 Å². The van der Waals surface area contributed by atoms with Gasteiger partial charge in [-0.3, -0.25) is 4.79 Å². The molecule has 1 aromatic rings. The van der Waals surface area contributed by atoms with Gasteiger partial charge in [-0.25, -0.2) is 4.98 Å². The molecule has 1 saturated heterocycles. The minimum absolute atomic E-state index is 0.00143. The third-order valence-electron chi connectivity index (χ3n) is 3.32. The maximum Gasteiger partial charge on any atom is 0.255 e. The zero-order valence-corrected chi connectivity index (χ0v) is 13.4. The van der Waals surface area contributed by atoms with Gasteiger partial charge in [0.1, 0.15) is 5.82 Å². The lowest BCUT2D eigenvalue weighted by Crippen LogP contribution is -2.41. The first-order valence-electron chi connectivity index (χ1n) is 6.93. The molecule has 0 aliphatic carbocycles. The van der Waals surface area contributed by atoms with Crippen LogP contribution in [0.25, 0.3) is 0 Å². The van der Waals surface area contributed by atoms with Crippen molar-refractivity contribution < 1.29 is 9.53 Å². The summed E-state index contributed by atoms with van der Waals surface area (Å²) >= 11 is 3.35. The Morgan fingerprint density at radius 2 is 2.45 bits per heavy atom. The van der Waals surface area contributed by atoms with Gasteiger partial charge in [0.25, 0.3) is 5.91 Å². The average Bonchev–Trinajstić information content (AvgIpc) is 2.95. The van der Waals surface area contributed by atoms with Crippen molar-refractivity contribution in [1.29, 1.82) is 0 Å². The molecule has 6 heteroatoms. The number of hydrogen-bond acceptors (Lipinski definition) is 4. The van der Waals surface area contributed by atoms with Crippen LogP contribution in [0.1, 0.15) is 37.0 Å². The van der Waals surface area contributed by atoms with Gasteiger partial charge in [0.05, 0.1) is 17.7 Å². The summed E-state index contributed by atoms with van der Waals surface area (Å²) in [5.41, 5.74) is 0.547. The molecule has 2 heterocycles. The third-order valence-corrected chi connectivity index (χ3v) is 3.76. The van der Waals surface area contributed by atoms with Crippen LogP contribution in [0.15, 0.2) is 16.7 Å². The van der Waals surface area contributed by atoms with Crippen molar-refractivity contribution in [2.45, 2.75) is 38.8 Å². The minimum Gasteiger partial charge on any atom is -0.376 e. The number of aromatic nitrogens is 1. The van der Waals surface area contributed by atoms with E-state index in [9.17, 15) is 4.79 Å². The van der Waals surface area contributed by atoms with Crippen LogP contribution in [0, 0.1) is 0 Å². The van der Waals surface area contributed by atoms with E-state index in [1.807, 2.05) is 13.8 Å². The summed E-state index contributed by atoms with van der Waals surface area (Å²) < 4.78 is 6.38. The van der Waals surface area contributed by atoms with E-state index in [-0.39, 0.29) is 18.1 Å². The Labute approximate surface area is 127 Å². The van der Waals surface area contributed by atoms with Gasteiger partial charge in [-0.1, -0.05) is 0 Å². The molecule has 0 radical (unpaired) electrons. The number of nitrogens with zero attached hydrogens (tertiary/aromatic N) is 1. The summed E-state index contributed by atoms with van der Waals surface area (Å²) in [6.07, 6.45) is 3.85. The van der Waals surface area contributed by atoms with Gasteiger partial charge in [-0.15, -0.1) is 0 Å². The molecule has 0 bridgehead atoms. The summed E-state index contributed by atoms with van der Waals surface area (Å²) in [6, 6.07) is 1.78. The number of nitrogens with one attached hydrogen (secondary N) is 2. The largest absolute Gasteiger partial charge is 0.376 e. The molecule has 1 aliphatic rings. The Balaban J connectivity index is 2.09. The fourth-order valence-corrected chi connectivity index (χ4v) is 2.63. The van der Waals surface area contributed by atoms with Crippen molar-refractivity contribution >= 4 is 27.7 Å². The van der Waals surface area contributed by atoms with E-state index in [1.165, 1.54) is 0 Å². The standard InChI is InChI=1S/C14H20BrN3O2/c1-3-16-13-11(7-10(15)8-17-13)14(19)18-9(2)12-5-4-6-20-12/h7-9,12H,3-6H2,1-2H3,(H,16,17)(H,18,19). The predicted molar refractivity (Wildman–Crippen MR) is 82.0 cm³/mol. The molecule has 5 nitrogen and oxygen atoms in total. The van der Waals surface area contributed by atoms with Crippen LogP contribution in [0.3, 0.4) is 0 Å². The van der Waals surface area contributed by atoms with Crippen molar-refractivity contribution in [2.24, 2.45) is 0 Å². The monoisotopic (exact) mass is 341 g/mol. The molecule has 0 saturated carbocycles. The molecular weight excluding hydrogens is 322 g/mol. The van der Waals surface area contributed by atoms with Gasteiger partial charge in [-0.05, 0) is 48.7 Å². The maximum absolute atomic E-state index is 12.4. The number of pyridine rings is 1. The third kappa shape index (κ3) is 3.70. The minimum atomic E-state index is -0.127. The molecule has 2 unspecified atom stereocenters. The first-order valence-corrected chi connectivity index (χ1v) is 7.73. The molecule has 1 amide bonds. The van der Waals surface area contributed by atoms with Crippen LogP contribution in [0.4, 0.5) is 5.82 Å². The summed E-state index contributed by atoms with van der Waals surface area (Å²) in [4.78, 5) is 16.6. The summed E-state index contributed by atoms with van der Waals surface area (Å²) in [5, 5.41) is 6.10. The number of hydrogen-bond donors (Lipinski definition) is 2. The van der Waals surface area contributed by atoms with E-state index in [0.29, 0.717) is 11.4 Å². The number of anilines is 1. The number of carbonyl (C=O) groups excluding carboxylic acids is 1. The van der Waals surface area contributed by atoms with Crippen LogP contribution in [0.2, 0.25) is 0 Å². The predicted octanol–water partition coefficient (Wildman–Crippen LogP) is 2.57. The molecule has 2 N–H and O–H groups in total. The highest BCUT2D eigenvalue weighted by molar-refractivity contribution is 9.10. The second kappa shape index (κ2) is 7.04. The quantitative estimate of drug-likeness (QED) is 0.863. The lowest BCUT2D eigenvalue weighted by atomic mass is 10.1. The molecule has 1 aromatic heterocycles. The Kier molecular flexibility index (Phi) is 5.37. The fraction of sp³-hybridized carbons (Fsp3) is 0.571. The van der Waals surface area contributed by atoms with E-state index in [4.69, 9.17) is 4.74 Å². The van der Waals surface area contributed by atoms with E-state index < -0.39 is 0 Å². The Morgan fingerprint density at radius 1 is 1.65 bits per heavy atom. The van der Waals surface area contributed by atoms with Gasteiger partial charge < -0.3 is 15.4 Å². The van der Waals surface area contributed by atoms with Crippen LogP contribution in [-0.2, 0) is 4.74 Å². The van der Waals surface area contributed by atoms with E-state index >= 15 is 0 Å². The lowest BCUT2D eigenvalue weighted by Gasteiger charge is -2.20. The number of amides is 1. The summed E-state index contributed by atoms with van der Waals surface area (Å²) in [5.74, 6) is 0.477. The summed E-state index contributed by atoms with van der Waals surface area (Å²) in [7, 11) is 0. The van der Waals surface area contributed by atoms with Crippen LogP contribution < -0.4 is 10.6 Å². The van der Waals surface area contributed by atoms with E-state index in [2.05, 4.69) is 31.5 Å². The first kappa shape index (κ1) is 15.3. The van der Waals surface area contributed by atoms with Gasteiger partial charge in [0.2, 0.25) is 0 Å². The average molecular weight is 342 g/mol. The lowest BCUT2D eigenvalue weighted by molar-refractivity contribution is 0.0712. The van der Waals surface area contributed by atoms with Crippen LogP contribution >= 0.6 is 15.9 Å². The second-order valence-electron chi connectivity index (χ2n) is 4.89. The van der Waals surface area contributed by atoms with Crippen LogP contribution in [0.5, 0.6) is 0 Å². The van der Waals surface area contributed by atoms with E-state index in [1.54, 1.807) is 12.3 Å². The van der Waals surface area contributed by atoms with Gasteiger partial charge in [0.15, 0.2) is 0 Å². The molecule has 110 valence electrons. The normalized spacial score (nSPS) is 19.6. The smallest absolute Gasteiger partial charge is 0.255 e. The molecule has 0 spiro atoms. The van der Waals surface area contributed by atoms with Gasteiger partial charge in [-0.2, -0.15) is 0 Å². The van der Waals surface area contributed by atoms with Crippen molar-refractivity contribution in [3.63, 3.8) is 0 Å². The fourth-order valence-electron chi connectivity index (χ4n) is 2.30. The molecule has 2 atom stereocenters. The molecule has 1 fully saturated rings. The number of halogens is 1. The van der Waals surface area contributed by atoms with Crippen molar-refractivity contribution in [2.75, 3.05) is 18.5 Å². The second-order valence-corrected chi connectivity index (χ2v) is 5.81. The summed E-state index contributed by atoms with van der Waals surface area (Å²) in [6.45, 7) is 5.45. The molecule has 20 heavy (non-hydrogen) atoms. The SMILES string of the molecule is CCNc1ncc(Br)cc1C(=O)NC(C)C1CCCO1. The van der Waals surface area contributed by atoms with Crippen LogP contribution in [-0.4, -0.2) is 36.2 Å². The molecule has 1 aliphatic heterocycles. The number of carbonyl (C=O) groups is 1. The highest BCUT2D eigenvalue weighted by Gasteiger charge is 2.25. The molecular formula is C14H20BrN3O2. The van der Waals surface area contributed by atoms with Gasteiger partial charge >= 0.3 is 0 Å². The van der Waals surface area contributed by atoms with Crippen molar-refractivity contribution in [3.05, 3.63) is 22.3 Å². The Hall–Kier alpha value is -1.14.